The lowest BCUT2D eigenvalue weighted by Crippen LogP contribution is -2.29. The number of allylic oxidation sites excluding steroid dienone is 1. The summed E-state index contributed by atoms with van der Waals surface area (Å²) in [7, 11) is 0. The van der Waals surface area contributed by atoms with E-state index in [1.165, 1.54) is 44.2 Å². The molecule has 0 saturated heterocycles. The number of Topliss-reactive ketones (excluding diaryl/α,β-unsaturated/α-hetero) is 1. The van der Waals surface area contributed by atoms with Crippen LogP contribution in [0.5, 0.6) is 0 Å². The van der Waals surface area contributed by atoms with Crippen LogP contribution in [0.4, 0.5) is 22.7 Å². The number of aliphatic hydroxyl groups is 1. The molecule has 0 saturated carbocycles. The van der Waals surface area contributed by atoms with Gasteiger partial charge in [0.25, 0.3) is 5.91 Å². The second kappa shape index (κ2) is 27.5. The molecule has 7 N–H and O–H groups in total. The molecule has 65 heavy (non-hydrogen) atoms. The number of carbonyl (C=O) groups is 7. The third-order valence-electron chi connectivity index (χ3n) is 11.3. The molecule has 5 atom stereocenters. The van der Waals surface area contributed by atoms with Crippen LogP contribution in [0.25, 0.3) is 0 Å². The Balaban J connectivity index is 1.90. The molecule has 0 spiro atoms. The number of carboxylic acid groups (broad SMARTS) is 1. The Kier molecular flexibility index (Phi) is 22.2. The second-order valence-corrected chi connectivity index (χ2v) is 16.3. The Morgan fingerprint density at radius 3 is 1.75 bits per heavy atom. The number of nitrogens with one attached hydrogen (secondary N) is 3. The van der Waals surface area contributed by atoms with Crippen molar-refractivity contribution in [3.8, 4) is 0 Å². The molecule has 0 fully saturated rings. The smallest absolute Gasteiger partial charge is 0.308 e. The monoisotopic (exact) mass is 896 g/mol. The first-order valence-corrected chi connectivity index (χ1v) is 22.2. The number of nitrogens with zero attached hydrogens (tertiary/aromatic N) is 2. The molecule has 0 heterocycles. The molecule has 0 aliphatic heterocycles. The quantitative estimate of drug-likeness (QED) is 0.0132. The molecule has 0 aromatic heterocycles. The SMILES string of the molecule is CCCCOC(=O)C(CCC(C)C(C)=O)CCC(CCC(CCC(CC)C(=O)O)C(=O)Nc1ccccc1)C(=O)Nc1cccc(NC(=O)C(N=Nc2cccc(C(N)=O)c2)=C(C)O)c1. The van der Waals surface area contributed by atoms with Crippen molar-refractivity contribution in [3.05, 3.63) is 95.9 Å². The van der Waals surface area contributed by atoms with Gasteiger partial charge in [-0.25, -0.2) is 0 Å². The van der Waals surface area contributed by atoms with Gasteiger partial charge in [0.15, 0.2) is 5.70 Å². The van der Waals surface area contributed by atoms with Gasteiger partial charge in [-0.3, -0.25) is 33.6 Å². The number of hydrogen-bond acceptors (Lipinski definition) is 11. The average molecular weight is 897 g/mol. The predicted molar refractivity (Wildman–Crippen MR) is 248 cm³/mol. The Morgan fingerprint density at radius 1 is 0.662 bits per heavy atom. The van der Waals surface area contributed by atoms with Crippen molar-refractivity contribution in [2.24, 2.45) is 45.6 Å². The lowest BCUT2D eigenvalue weighted by molar-refractivity contribution is -0.149. The van der Waals surface area contributed by atoms with Crippen LogP contribution in [0, 0.1) is 29.6 Å². The van der Waals surface area contributed by atoms with E-state index < -0.39 is 64.8 Å². The van der Waals surface area contributed by atoms with E-state index in [2.05, 4.69) is 26.2 Å². The zero-order valence-electron chi connectivity index (χ0n) is 38.0. The second-order valence-electron chi connectivity index (χ2n) is 16.3. The number of benzene rings is 3. The summed E-state index contributed by atoms with van der Waals surface area (Å²) in [5, 5.41) is 36.5. The van der Waals surface area contributed by atoms with Crippen molar-refractivity contribution in [1.82, 2.24) is 0 Å². The fourth-order valence-corrected chi connectivity index (χ4v) is 6.98. The van der Waals surface area contributed by atoms with E-state index in [1.54, 1.807) is 49.4 Å². The lowest BCUT2D eigenvalue weighted by atomic mass is 9.84. The summed E-state index contributed by atoms with van der Waals surface area (Å²) in [5.74, 6) is -6.90. The molecular formula is C49H64N6O10. The number of nitrogens with two attached hydrogens (primary N) is 1. The number of carboxylic acids is 1. The number of rotatable bonds is 28. The van der Waals surface area contributed by atoms with Crippen LogP contribution >= 0.6 is 0 Å². The van der Waals surface area contributed by atoms with Gasteiger partial charge in [-0.2, -0.15) is 5.11 Å². The molecule has 0 radical (unpaired) electrons. The highest BCUT2D eigenvalue weighted by Gasteiger charge is 2.29. The maximum atomic E-state index is 14.3. The summed E-state index contributed by atoms with van der Waals surface area (Å²) in [6.45, 7) is 8.59. The molecule has 3 aromatic carbocycles. The summed E-state index contributed by atoms with van der Waals surface area (Å²) in [5.41, 5.74) is 6.46. The molecule has 4 amide bonds. The molecule has 3 rings (SSSR count). The largest absolute Gasteiger partial charge is 0.510 e. The van der Waals surface area contributed by atoms with Crippen LogP contribution in [-0.2, 0) is 33.5 Å². The normalized spacial score (nSPS) is 13.9. The summed E-state index contributed by atoms with van der Waals surface area (Å²) >= 11 is 0. The first kappa shape index (κ1) is 52.6. The number of esters is 1. The fraction of sp³-hybridized carbons (Fsp3) is 0.449. The standard InChI is InChI=1S/C49H64N6O10/c1-6-8-28-65-49(64)37(21-20-31(3)32(4)56)27-26-36(25-24-35(23-22-34(7-2)48(62)63)45(59)51-39-15-10-9-11-16-39)46(60)52-40-17-13-18-41(30-40)53-47(61)43(33(5)57)55-54-42-19-12-14-38(29-42)44(50)58/h9-19,29-31,34-37,57H,6-8,20-28H2,1-5H3,(H2,50,58)(H,51,59)(H,52,60)(H,53,61)(H,62,63). The van der Waals surface area contributed by atoms with Crippen LogP contribution in [0.15, 0.2) is 101 Å². The van der Waals surface area contributed by atoms with Gasteiger partial charge in [-0.15, -0.1) is 5.11 Å². The average Bonchev–Trinajstić information content (AvgIpc) is 3.26. The number of aliphatic hydroxyl groups excluding tert-OH is 1. The molecule has 0 aliphatic rings. The molecule has 16 heteroatoms. The molecule has 350 valence electrons. The Bertz CT molecular complexity index is 2150. The lowest BCUT2D eigenvalue weighted by Gasteiger charge is -2.24. The Morgan fingerprint density at radius 2 is 1.20 bits per heavy atom. The number of primary amides is 1. The summed E-state index contributed by atoms with van der Waals surface area (Å²) in [4.78, 5) is 90.5. The van der Waals surface area contributed by atoms with Gasteiger partial charge in [-0.1, -0.05) is 57.5 Å². The maximum absolute atomic E-state index is 14.3. The number of para-hydroxylation sites is 1. The van der Waals surface area contributed by atoms with Crippen LogP contribution in [-0.4, -0.2) is 58.2 Å². The van der Waals surface area contributed by atoms with Crippen LogP contribution < -0.4 is 21.7 Å². The van der Waals surface area contributed by atoms with Crippen molar-refractivity contribution in [3.63, 3.8) is 0 Å². The van der Waals surface area contributed by atoms with Crippen molar-refractivity contribution in [1.29, 1.82) is 0 Å². The number of azo groups is 1. The fourth-order valence-electron chi connectivity index (χ4n) is 6.98. The van der Waals surface area contributed by atoms with E-state index in [9.17, 15) is 43.8 Å². The van der Waals surface area contributed by atoms with Gasteiger partial charge >= 0.3 is 11.9 Å². The van der Waals surface area contributed by atoms with Crippen molar-refractivity contribution >= 4 is 64.1 Å². The van der Waals surface area contributed by atoms with E-state index in [4.69, 9.17) is 10.5 Å². The summed E-state index contributed by atoms with van der Waals surface area (Å²) in [6.07, 6.45) is 4.18. The Labute approximate surface area is 380 Å². The third-order valence-corrected chi connectivity index (χ3v) is 11.3. The number of amides is 4. The van der Waals surface area contributed by atoms with Crippen molar-refractivity contribution in [2.45, 2.75) is 105 Å². The third kappa shape index (κ3) is 18.5. The van der Waals surface area contributed by atoms with Gasteiger partial charge < -0.3 is 36.6 Å². The molecule has 0 bridgehead atoms. The number of unbranched alkanes of at least 4 members (excludes halogenated alkanes) is 1. The number of anilines is 3. The van der Waals surface area contributed by atoms with Crippen molar-refractivity contribution in [2.75, 3.05) is 22.6 Å². The molecule has 0 aliphatic carbocycles. The van der Waals surface area contributed by atoms with E-state index in [0.717, 1.165) is 6.42 Å². The first-order valence-electron chi connectivity index (χ1n) is 22.2. The minimum absolute atomic E-state index is 0.00212. The Hall–Kier alpha value is -6.71. The number of aliphatic carboxylic acids is 1. The summed E-state index contributed by atoms with van der Waals surface area (Å²) < 4.78 is 5.62. The molecule has 16 nitrogen and oxygen atoms in total. The van der Waals surface area contributed by atoms with Crippen LogP contribution in [0.3, 0.4) is 0 Å². The van der Waals surface area contributed by atoms with Crippen molar-refractivity contribution < 1.29 is 48.5 Å². The maximum Gasteiger partial charge on any atom is 0.308 e. The zero-order chi connectivity index (χ0) is 47.9. The van der Waals surface area contributed by atoms with E-state index >= 15 is 0 Å². The topological polar surface area (TPSA) is 256 Å². The minimum atomic E-state index is -0.947. The first-order chi connectivity index (χ1) is 31.0. The van der Waals surface area contributed by atoms with Gasteiger partial charge in [0.05, 0.1) is 24.1 Å². The van der Waals surface area contributed by atoms with Crippen LogP contribution in [0.2, 0.25) is 0 Å². The van der Waals surface area contributed by atoms with Gasteiger partial charge in [-0.05, 0) is 127 Å². The summed E-state index contributed by atoms with van der Waals surface area (Å²) in [6, 6.07) is 21.1. The highest BCUT2D eigenvalue weighted by Crippen LogP contribution is 2.30. The van der Waals surface area contributed by atoms with E-state index in [1.807, 2.05) is 19.9 Å². The highest BCUT2D eigenvalue weighted by atomic mass is 16.5. The number of ketones is 1. The molecule has 5 unspecified atom stereocenters. The van der Waals surface area contributed by atoms with Crippen LogP contribution in [0.1, 0.15) is 116 Å². The number of hydrogen-bond donors (Lipinski definition) is 6. The zero-order valence-corrected chi connectivity index (χ0v) is 38.0. The number of ether oxygens (including phenoxy) is 1. The molecular weight excluding hydrogens is 833 g/mol. The molecule has 3 aromatic rings. The number of carbonyl (C=O) groups excluding carboxylic acids is 6. The minimum Gasteiger partial charge on any atom is -0.510 e. The van der Waals surface area contributed by atoms with Gasteiger partial charge in [0.2, 0.25) is 17.7 Å². The van der Waals surface area contributed by atoms with Gasteiger partial charge in [0, 0.05) is 40.4 Å². The van der Waals surface area contributed by atoms with E-state index in [-0.39, 0.29) is 79.7 Å². The predicted octanol–water partition coefficient (Wildman–Crippen LogP) is 9.52. The van der Waals surface area contributed by atoms with Gasteiger partial charge in [0.1, 0.15) is 11.5 Å². The highest BCUT2D eigenvalue weighted by molar-refractivity contribution is 6.04. The van der Waals surface area contributed by atoms with E-state index in [0.29, 0.717) is 37.1 Å².